The Balaban J connectivity index is 1.06. The van der Waals surface area contributed by atoms with E-state index in [1.165, 1.54) is 22.3 Å². The van der Waals surface area contributed by atoms with Crippen molar-refractivity contribution in [3.05, 3.63) is 182 Å². The quantitative estimate of drug-likeness (QED) is 0.0990. The van der Waals surface area contributed by atoms with Crippen LogP contribution in [-0.2, 0) is 5.41 Å². The number of fused-ring (bicyclic) bond motifs is 7. The molecule has 2 aliphatic heterocycles. The van der Waals surface area contributed by atoms with Crippen LogP contribution in [0.3, 0.4) is 0 Å². The molecule has 53 heavy (non-hydrogen) atoms. The Morgan fingerprint density at radius 1 is 0.623 bits per heavy atom. The molecular weight excluding hydrogens is 651 g/mol. The Morgan fingerprint density at radius 2 is 1.34 bits per heavy atom. The van der Waals surface area contributed by atoms with E-state index >= 15 is 0 Å². The van der Waals surface area contributed by atoms with Gasteiger partial charge in [0.1, 0.15) is 17.3 Å². The van der Waals surface area contributed by atoms with Crippen LogP contribution in [0.2, 0.25) is 0 Å². The molecule has 254 valence electrons. The highest BCUT2D eigenvalue weighted by Gasteiger charge is 2.77. The fraction of sp³-hybridized carbons (Fsp3) is 0.0851. The summed E-state index contributed by atoms with van der Waals surface area (Å²) < 4.78 is 9.99. The van der Waals surface area contributed by atoms with Crippen LogP contribution in [0.4, 0.5) is 28.4 Å². The molecule has 0 bridgehead atoms. The molecule has 6 nitrogen and oxygen atoms in total. The summed E-state index contributed by atoms with van der Waals surface area (Å²) in [6, 6.07) is 52.7. The summed E-state index contributed by atoms with van der Waals surface area (Å²) in [6.07, 6.45) is 1.91. The lowest BCUT2D eigenvalue weighted by atomic mass is 9.88. The lowest BCUT2D eigenvalue weighted by Gasteiger charge is -2.40. The van der Waals surface area contributed by atoms with Crippen LogP contribution in [0, 0.1) is 13.2 Å². The van der Waals surface area contributed by atoms with Crippen molar-refractivity contribution < 1.29 is 4.74 Å². The van der Waals surface area contributed by atoms with Gasteiger partial charge >= 0.3 is 0 Å². The fourth-order valence-electron chi connectivity index (χ4n) is 8.27. The molecule has 0 spiro atoms. The predicted octanol–water partition coefficient (Wildman–Crippen LogP) is 12.8. The second kappa shape index (κ2) is 11.2. The van der Waals surface area contributed by atoms with Crippen molar-refractivity contribution in [3.8, 4) is 28.4 Å². The third kappa shape index (κ3) is 4.55. The first-order chi connectivity index (χ1) is 25.8. The maximum atomic E-state index is 7.94. The fourth-order valence-corrected chi connectivity index (χ4v) is 8.27. The van der Waals surface area contributed by atoms with Gasteiger partial charge < -0.3 is 4.74 Å². The Bertz CT molecular complexity index is 2810. The number of quaternary nitrogens is 2. The van der Waals surface area contributed by atoms with Gasteiger partial charge in [0.2, 0.25) is 11.4 Å². The molecule has 2 aliphatic rings. The van der Waals surface area contributed by atoms with Crippen LogP contribution in [0.25, 0.3) is 43.6 Å². The van der Waals surface area contributed by atoms with Gasteiger partial charge in [-0.3, -0.25) is 4.57 Å². The average molecular weight is 687 g/mol. The molecule has 1 fully saturated rings. The second-order valence-corrected chi connectivity index (χ2v) is 15.0. The molecular formula is C47H36N5O+. The zero-order valence-corrected chi connectivity index (χ0v) is 29.7. The minimum Gasteiger partial charge on any atom is -0.457 e. The molecule has 0 amide bonds. The van der Waals surface area contributed by atoms with E-state index in [0.717, 1.165) is 56.2 Å². The molecule has 0 N–H and O–H groups in total. The molecule has 4 heterocycles. The number of nitrogens with zero attached hydrogens (tertiary/aromatic N) is 5. The van der Waals surface area contributed by atoms with Crippen molar-refractivity contribution in [1.29, 1.82) is 0 Å². The van der Waals surface area contributed by atoms with E-state index in [-0.39, 0.29) is 5.41 Å². The first-order valence-corrected chi connectivity index (χ1v) is 17.9. The lowest BCUT2D eigenvalue weighted by molar-refractivity contribution is 0.424. The third-order valence-corrected chi connectivity index (χ3v) is 10.9. The molecule has 10 rings (SSSR count). The summed E-state index contributed by atoms with van der Waals surface area (Å²) in [6.45, 7) is 17.0. The minimum absolute atomic E-state index is 0.00602. The van der Waals surface area contributed by atoms with Crippen molar-refractivity contribution in [1.82, 2.24) is 18.7 Å². The number of pyridine rings is 1. The Kier molecular flexibility index (Phi) is 6.62. The lowest BCUT2D eigenvalue weighted by Crippen LogP contribution is -2.46. The van der Waals surface area contributed by atoms with E-state index in [1.807, 2.05) is 42.6 Å². The molecule has 6 heteroatoms. The van der Waals surface area contributed by atoms with Crippen LogP contribution >= 0.6 is 0 Å². The summed E-state index contributed by atoms with van der Waals surface area (Å²) in [5.74, 6) is 2.40. The number of rotatable bonds is 6. The van der Waals surface area contributed by atoms with E-state index in [0.29, 0.717) is 14.9 Å². The van der Waals surface area contributed by atoms with Crippen molar-refractivity contribution in [2.24, 2.45) is 0 Å². The largest absolute Gasteiger partial charge is 0.457 e. The topological polar surface area (TPSA) is 31.4 Å². The molecule has 2 atom stereocenters. The Hall–Kier alpha value is -6.52. The van der Waals surface area contributed by atoms with Gasteiger partial charge in [-0.05, 0) is 64.6 Å². The summed E-state index contributed by atoms with van der Waals surface area (Å²) in [4.78, 5) is 8.74. The molecule has 1 unspecified atom stereocenters. The first-order valence-electron chi connectivity index (χ1n) is 17.9. The number of hydrogen-bond acceptors (Lipinski definition) is 2. The number of hydrogen-bond donors (Lipinski definition) is 0. The molecule has 8 aromatic rings. The van der Waals surface area contributed by atoms with Gasteiger partial charge in [-0.1, -0.05) is 87.5 Å². The number of benzene rings is 6. The molecule has 0 saturated carbocycles. The van der Waals surface area contributed by atoms with Gasteiger partial charge in [0.25, 0.3) is 0 Å². The van der Waals surface area contributed by atoms with Gasteiger partial charge in [0.05, 0.1) is 17.6 Å². The Labute approximate surface area is 309 Å². The highest BCUT2D eigenvalue weighted by molar-refractivity contribution is 6.09. The maximum Gasteiger partial charge on any atom is 0.225 e. The smallest absolute Gasteiger partial charge is 0.225 e. The molecule has 1 saturated heterocycles. The maximum absolute atomic E-state index is 7.94. The van der Waals surface area contributed by atoms with Crippen molar-refractivity contribution in [2.75, 3.05) is 0 Å². The number of ether oxygens (including phenoxy) is 1. The monoisotopic (exact) mass is 686 g/mol. The van der Waals surface area contributed by atoms with Gasteiger partial charge in [-0.25, -0.2) is 9.83 Å². The van der Waals surface area contributed by atoms with Crippen molar-refractivity contribution in [2.45, 2.75) is 26.2 Å². The van der Waals surface area contributed by atoms with Crippen LogP contribution in [-0.4, -0.2) is 9.55 Å². The van der Waals surface area contributed by atoms with Gasteiger partial charge in [-0.15, -0.1) is 0 Å². The van der Waals surface area contributed by atoms with Gasteiger partial charge in [-0.2, -0.15) is 9.18 Å². The third-order valence-electron chi connectivity index (χ3n) is 10.9. The Morgan fingerprint density at radius 3 is 2.13 bits per heavy atom. The summed E-state index contributed by atoms with van der Waals surface area (Å²) in [5, 5.41) is 2.33. The van der Waals surface area contributed by atoms with Crippen LogP contribution in [0.1, 0.15) is 26.3 Å². The predicted molar refractivity (Wildman–Crippen MR) is 216 cm³/mol. The van der Waals surface area contributed by atoms with Gasteiger partial charge in [0.15, 0.2) is 23.7 Å². The van der Waals surface area contributed by atoms with E-state index in [2.05, 4.69) is 152 Å². The summed E-state index contributed by atoms with van der Waals surface area (Å²) in [5.41, 5.74) is 10.7. The SMILES string of the molecule is [C-]#[N+]c1cc(-c2ccccc2)cc([N@+]23[CH-][N+]2(c2cccc(Oc4ccc5c6ccccc6n(-c6cc(C(C)(C)C)ccn6)c5c4)c2)c2ccccc23)c1. The average Bonchev–Trinajstić information content (AvgIpc) is 3.68. The van der Waals surface area contributed by atoms with E-state index in [1.54, 1.807) is 0 Å². The van der Waals surface area contributed by atoms with Crippen molar-refractivity contribution >= 4 is 50.2 Å². The van der Waals surface area contributed by atoms with Crippen LogP contribution in [0.15, 0.2) is 158 Å². The van der Waals surface area contributed by atoms with Crippen LogP contribution < -0.4 is 13.9 Å². The molecule has 6 aromatic carbocycles. The first kappa shape index (κ1) is 31.2. The number of aromatic nitrogens is 2. The highest BCUT2D eigenvalue weighted by atomic mass is 16.5. The van der Waals surface area contributed by atoms with E-state index < -0.39 is 0 Å². The summed E-state index contributed by atoms with van der Waals surface area (Å²) >= 11 is 0. The minimum atomic E-state index is -0.00602. The van der Waals surface area contributed by atoms with Crippen LogP contribution in [0.5, 0.6) is 11.5 Å². The van der Waals surface area contributed by atoms with E-state index in [9.17, 15) is 0 Å². The molecule has 0 radical (unpaired) electrons. The van der Waals surface area contributed by atoms with Crippen molar-refractivity contribution in [3.63, 3.8) is 0 Å². The highest BCUT2D eigenvalue weighted by Crippen LogP contribution is 2.75. The summed E-state index contributed by atoms with van der Waals surface area (Å²) in [7, 11) is 0. The zero-order valence-electron chi connectivity index (χ0n) is 29.7. The zero-order chi connectivity index (χ0) is 36.0. The molecule has 2 aromatic heterocycles. The standard InChI is InChI=1S/C47H36N5O/c1-47(2,3)34-23-24-49-46(27-34)50-42-18-9-8-17-40(42)41-22-21-39(30-43(41)50)53-38-16-12-15-36(29-38)51-31-52(51,45-20-11-10-19-44(45)51)37-26-33(25-35(28-37)48-4)32-13-6-5-7-14-32/h5-31H,1-3H3/q+1/t51?,52-/m0/s1. The van der Waals surface area contributed by atoms with Gasteiger partial charge in [0, 0.05) is 59.4 Å². The normalized spacial score (nSPS) is 18.5. The second-order valence-electron chi connectivity index (χ2n) is 15.0. The molecule has 0 aliphatic carbocycles. The van der Waals surface area contributed by atoms with E-state index in [4.69, 9.17) is 16.3 Å². The number of para-hydroxylation sites is 3.